The highest BCUT2D eigenvalue weighted by Crippen LogP contribution is 2.23. The van der Waals surface area contributed by atoms with Crippen molar-refractivity contribution in [3.8, 4) is 0 Å². The van der Waals surface area contributed by atoms with Gasteiger partial charge in [-0.05, 0) is 67.8 Å². The van der Waals surface area contributed by atoms with E-state index in [0.29, 0.717) is 23.0 Å². The Morgan fingerprint density at radius 3 is 2.47 bits per heavy atom. The van der Waals surface area contributed by atoms with E-state index in [1.165, 1.54) is 0 Å². The normalized spacial score (nSPS) is 14.8. The molecule has 2 aromatic carbocycles. The van der Waals surface area contributed by atoms with Crippen LogP contribution in [0.5, 0.6) is 0 Å². The van der Waals surface area contributed by atoms with E-state index in [9.17, 15) is 9.59 Å². The van der Waals surface area contributed by atoms with Crippen LogP contribution in [0.4, 0.5) is 0 Å². The topological polar surface area (TPSA) is 49.4 Å². The van der Waals surface area contributed by atoms with Gasteiger partial charge in [-0.1, -0.05) is 54.2 Å². The number of benzene rings is 2. The van der Waals surface area contributed by atoms with Gasteiger partial charge in [-0.15, -0.1) is 11.8 Å². The van der Waals surface area contributed by atoms with E-state index in [0.717, 1.165) is 48.3 Å². The van der Waals surface area contributed by atoms with Gasteiger partial charge in [0.15, 0.2) is 0 Å². The Kier molecular flexibility index (Phi) is 9.76. The number of hydrogen-bond acceptors (Lipinski definition) is 3. The van der Waals surface area contributed by atoms with Crippen LogP contribution in [0.15, 0.2) is 53.4 Å². The zero-order valence-electron chi connectivity index (χ0n) is 18.4. The first kappa shape index (κ1) is 24.9. The molecule has 0 spiro atoms. The largest absolute Gasteiger partial charge is 0.352 e. The fraction of sp³-hybridized carbons (Fsp3) is 0.440. The van der Waals surface area contributed by atoms with E-state index < -0.39 is 6.04 Å². The lowest BCUT2D eigenvalue weighted by Gasteiger charge is -2.30. The van der Waals surface area contributed by atoms with Gasteiger partial charge in [-0.25, -0.2) is 0 Å². The molecule has 0 radical (unpaired) electrons. The van der Waals surface area contributed by atoms with Crippen molar-refractivity contribution in [1.29, 1.82) is 0 Å². The number of carbonyl (C=O) groups excluding carboxylic acids is 2. The maximum Gasteiger partial charge on any atom is 0.242 e. The predicted molar refractivity (Wildman–Crippen MR) is 133 cm³/mol. The van der Waals surface area contributed by atoms with Gasteiger partial charge in [-0.2, -0.15) is 0 Å². The fourth-order valence-corrected chi connectivity index (χ4v) is 5.05. The minimum atomic E-state index is -0.553. The van der Waals surface area contributed by atoms with E-state index in [2.05, 4.69) is 5.32 Å². The third-order valence-electron chi connectivity index (χ3n) is 5.78. The summed E-state index contributed by atoms with van der Waals surface area (Å²) in [5, 5.41) is 4.44. The highest BCUT2D eigenvalue weighted by molar-refractivity contribution is 7.99. The van der Waals surface area contributed by atoms with Gasteiger partial charge in [0.25, 0.3) is 0 Å². The molecule has 1 atom stereocenters. The summed E-state index contributed by atoms with van der Waals surface area (Å²) in [5.41, 5.74) is 0.846. The van der Waals surface area contributed by atoms with Crippen LogP contribution >= 0.6 is 35.0 Å². The first-order valence-electron chi connectivity index (χ1n) is 11.2. The van der Waals surface area contributed by atoms with Crippen LogP contribution in [0.1, 0.15) is 51.0 Å². The van der Waals surface area contributed by atoms with E-state index in [1.807, 2.05) is 55.5 Å². The van der Waals surface area contributed by atoms with Crippen molar-refractivity contribution < 1.29 is 9.59 Å². The summed E-state index contributed by atoms with van der Waals surface area (Å²) < 4.78 is 0. The molecule has 0 bridgehead atoms. The first-order chi connectivity index (χ1) is 15.4. The number of amides is 2. The second-order valence-electron chi connectivity index (χ2n) is 8.18. The molecule has 1 aliphatic rings. The van der Waals surface area contributed by atoms with Gasteiger partial charge >= 0.3 is 0 Å². The van der Waals surface area contributed by atoms with Crippen molar-refractivity contribution in [2.45, 2.75) is 69.0 Å². The monoisotopic (exact) mass is 492 g/mol. The average molecular weight is 494 g/mol. The Morgan fingerprint density at radius 1 is 1.09 bits per heavy atom. The highest BCUT2D eigenvalue weighted by Gasteiger charge is 2.28. The third-order valence-corrected chi connectivity index (χ3v) is 7.50. The Bertz CT molecular complexity index is 901. The third kappa shape index (κ3) is 7.43. The van der Waals surface area contributed by atoms with Crippen molar-refractivity contribution in [3.63, 3.8) is 0 Å². The van der Waals surface area contributed by atoms with Crippen molar-refractivity contribution in [1.82, 2.24) is 10.2 Å². The molecule has 0 saturated heterocycles. The molecule has 1 fully saturated rings. The van der Waals surface area contributed by atoms with Crippen molar-refractivity contribution in [2.75, 3.05) is 5.75 Å². The lowest BCUT2D eigenvalue weighted by Crippen LogP contribution is -2.49. The highest BCUT2D eigenvalue weighted by atomic mass is 35.5. The van der Waals surface area contributed by atoms with Crippen LogP contribution in [-0.4, -0.2) is 34.6 Å². The minimum Gasteiger partial charge on any atom is -0.352 e. The number of nitrogens with zero attached hydrogens (tertiary/aromatic N) is 1. The van der Waals surface area contributed by atoms with Crippen LogP contribution in [0.2, 0.25) is 10.0 Å². The molecular formula is C25H30Cl2N2O2S. The maximum atomic E-state index is 13.2. The Balaban J connectivity index is 1.60. The standard InChI is InChI=1S/C25H30Cl2N2O2S/c1-18(25(31)28-21-8-3-4-9-21)29(17-19-7-2-5-10-23(19)27)24(30)11-6-16-32-22-14-12-20(26)13-15-22/h2,5,7,10,12-15,18,21H,3-4,6,8-9,11,16-17H2,1H3,(H,28,31)/t18-/m0/s1. The molecule has 7 heteroatoms. The van der Waals surface area contributed by atoms with Crippen molar-refractivity contribution >= 4 is 46.8 Å². The Morgan fingerprint density at radius 2 is 1.78 bits per heavy atom. The first-order valence-corrected chi connectivity index (χ1v) is 12.9. The SMILES string of the molecule is C[C@@H](C(=O)NC1CCCC1)N(Cc1ccccc1Cl)C(=O)CCCSc1ccc(Cl)cc1. The van der Waals surface area contributed by atoms with Gasteiger partial charge in [0.05, 0.1) is 0 Å². The summed E-state index contributed by atoms with van der Waals surface area (Å²) in [4.78, 5) is 28.9. The van der Waals surface area contributed by atoms with Crippen LogP contribution in [0, 0.1) is 0 Å². The summed E-state index contributed by atoms with van der Waals surface area (Å²) >= 11 is 14.0. The summed E-state index contributed by atoms with van der Waals surface area (Å²) in [6.07, 6.45) is 5.42. The molecule has 0 unspecified atom stereocenters. The second kappa shape index (κ2) is 12.5. The fourth-order valence-electron chi connectivity index (χ4n) is 3.87. The molecule has 0 aromatic heterocycles. The molecule has 2 amide bonds. The zero-order valence-corrected chi connectivity index (χ0v) is 20.7. The van der Waals surface area contributed by atoms with Gasteiger partial charge in [-0.3, -0.25) is 9.59 Å². The molecule has 0 heterocycles. The smallest absolute Gasteiger partial charge is 0.242 e. The van der Waals surface area contributed by atoms with Gasteiger partial charge in [0.1, 0.15) is 6.04 Å². The predicted octanol–water partition coefficient (Wildman–Crippen LogP) is 6.34. The van der Waals surface area contributed by atoms with E-state index in [-0.39, 0.29) is 17.9 Å². The number of hydrogen-bond donors (Lipinski definition) is 1. The molecule has 4 nitrogen and oxygen atoms in total. The molecule has 3 rings (SSSR count). The summed E-state index contributed by atoms with van der Waals surface area (Å²) in [5.74, 6) is 0.694. The zero-order chi connectivity index (χ0) is 22.9. The maximum absolute atomic E-state index is 13.2. The Hall–Kier alpha value is -1.69. The molecule has 172 valence electrons. The number of nitrogens with one attached hydrogen (secondary N) is 1. The molecule has 1 saturated carbocycles. The van der Waals surface area contributed by atoms with Gasteiger partial charge in [0.2, 0.25) is 11.8 Å². The van der Waals surface area contributed by atoms with E-state index in [1.54, 1.807) is 16.7 Å². The number of carbonyl (C=O) groups is 2. The minimum absolute atomic E-state index is 0.0318. The molecule has 32 heavy (non-hydrogen) atoms. The van der Waals surface area contributed by atoms with Gasteiger partial charge < -0.3 is 10.2 Å². The van der Waals surface area contributed by atoms with Crippen LogP contribution in [0.3, 0.4) is 0 Å². The van der Waals surface area contributed by atoms with Crippen molar-refractivity contribution in [2.24, 2.45) is 0 Å². The molecule has 0 aliphatic heterocycles. The molecule has 1 N–H and O–H groups in total. The van der Waals surface area contributed by atoms with Gasteiger partial charge in [0, 0.05) is 33.9 Å². The quantitative estimate of drug-likeness (QED) is 0.310. The summed E-state index contributed by atoms with van der Waals surface area (Å²) in [6, 6.07) is 14.8. The number of thioether (sulfide) groups is 1. The van der Waals surface area contributed by atoms with E-state index >= 15 is 0 Å². The average Bonchev–Trinajstić information content (AvgIpc) is 3.30. The summed E-state index contributed by atoms with van der Waals surface area (Å²) in [6.45, 7) is 2.13. The van der Waals surface area contributed by atoms with E-state index in [4.69, 9.17) is 23.2 Å². The van der Waals surface area contributed by atoms with Crippen LogP contribution < -0.4 is 5.32 Å². The lowest BCUT2D eigenvalue weighted by molar-refractivity contribution is -0.140. The molecular weight excluding hydrogens is 463 g/mol. The molecule has 2 aromatic rings. The second-order valence-corrected chi connectivity index (χ2v) is 10.2. The van der Waals surface area contributed by atoms with Crippen molar-refractivity contribution in [3.05, 3.63) is 64.1 Å². The lowest BCUT2D eigenvalue weighted by atomic mass is 10.1. The summed E-state index contributed by atoms with van der Waals surface area (Å²) in [7, 11) is 0. The van der Waals surface area contributed by atoms with Crippen LogP contribution in [-0.2, 0) is 16.1 Å². The van der Waals surface area contributed by atoms with Crippen LogP contribution in [0.25, 0.3) is 0 Å². The number of rotatable bonds is 10. The number of halogens is 2. The molecule has 1 aliphatic carbocycles. The Labute approximate surface area is 205 Å².